The second-order valence-corrected chi connectivity index (χ2v) is 5.56. The molecule has 5 heteroatoms. The lowest BCUT2D eigenvalue weighted by molar-refractivity contribution is 0.154. The van der Waals surface area contributed by atoms with Crippen molar-refractivity contribution in [2.45, 2.75) is 32.3 Å². The van der Waals surface area contributed by atoms with Crippen molar-refractivity contribution in [2.75, 3.05) is 29.9 Å². The summed E-state index contributed by atoms with van der Waals surface area (Å²) in [4.78, 5) is 11.4. The van der Waals surface area contributed by atoms with Gasteiger partial charge in [-0.25, -0.2) is 4.98 Å². The third kappa shape index (κ3) is 3.08. The summed E-state index contributed by atoms with van der Waals surface area (Å²) >= 11 is 0. The maximum absolute atomic E-state index is 9.92. The van der Waals surface area contributed by atoms with E-state index in [2.05, 4.69) is 33.2 Å². The summed E-state index contributed by atoms with van der Waals surface area (Å²) in [6, 6.07) is 8.07. The molecule has 0 saturated carbocycles. The van der Waals surface area contributed by atoms with Crippen molar-refractivity contribution in [3.8, 4) is 0 Å². The predicted molar refractivity (Wildman–Crippen MR) is 85.8 cm³/mol. The summed E-state index contributed by atoms with van der Waals surface area (Å²) < 4.78 is 0. The molecule has 2 aromatic rings. The molecule has 0 aliphatic carbocycles. The number of rotatable bonds is 4. The third-order valence-corrected chi connectivity index (χ3v) is 3.81. The van der Waals surface area contributed by atoms with E-state index in [0.29, 0.717) is 12.5 Å². The van der Waals surface area contributed by atoms with Crippen molar-refractivity contribution < 1.29 is 5.11 Å². The Morgan fingerprint density at radius 1 is 1.33 bits per heavy atom. The van der Waals surface area contributed by atoms with Crippen LogP contribution in [0.4, 0.5) is 11.8 Å². The van der Waals surface area contributed by atoms with Crippen molar-refractivity contribution in [2.24, 2.45) is 0 Å². The number of aliphatic hydroxyl groups is 1. The minimum Gasteiger partial charge on any atom is -0.391 e. The highest BCUT2D eigenvalue weighted by Gasteiger charge is 2.21. The van der Waals surface area contributed by atoms with Gasteiger partial charge in [-0.2, -0.15) is 4.98 Å². The van der Waals surface area contributed by atoms with E-state index in [-0.39, 0.29) is 6.10 Å². The highest BCUT2D eigenvalue weighted by atomic mass is 16.3. The predicted octanol–water partition coefficient (Wildman–Crippen LogP) is 2.41. The maximum atomic E-state index is 9.92. The van der Waals surface area contributed by atoms with Gasteiger partial charge in [-0.1, -0.05) is 19.1 Å². The van der Waals surface area contributed by atoms with Crippen LogP contribution in [0.3, 0.4) is 0 Å². The van der Waals surface area contributed by atoms with E-state index >= 15 is 0 Å². The van der Waals surface area contributed by atoms with Crippen molar-refractivity contribution in [1.29, 1.82) is 0 Å². The molecule has 2 heterocycles. The van der Waals surface area contributed by atoms with Crippen LogP contribution < -0.4 is 10.2 Å². The van der Waals surface area contributed by atoms with Gasteiger partial charge in [-0.3, -0.25) is 0 Å². The van der Waals surface area contributed by atoms with Gasteiger partial charge in [0.2, 0.25) is 5.95 Å². The van der Waals surface area contributed by atoms with E-state index < -0.39 is 0 Å². The number of hydrogen-bond acceptors (Lipinski definition) is 5. The highest BCUT2D eigenvalue weighted by molar-refractivity contribution is 5.90. The van der Waals surface area contributed by atoms with Crippen molar-refractivity contribution in [1.82, 2.24) is 9.97 Å². The molecule has 0 radical (unpaired) electrons. The molecular formula is C16H22N4O. The number of aromatic nitrogens is 2. The SMILES string of the molecule is CCCNc1nc(N2CCCC(O)C2)c2ccccc2n1. The minimum absolute atomic E-state index is 0.264. The van der Waals surface area contributed by atoms with Crippen LogP contribution in [0, 0.1) is 0 Å². The van der Waals surface area contributed by atoms with E-state index in [1.54, 1.807) is 0 Å². The molecule has 1 unspecified atom stereocenters. The number of hydrogen-bond donors (Lipinski definition) is 2. The topological polar surface area (TPSA) is 61.3 Å². The quantitative estimate of drug-likeness (QED) is 0.904. The van der Waals surface area contributed by atoms with Crippen LogP contribution in [0.5, 0.6) is 0 Å². The molecule has 0 amide bonds. The molecule has 1 aromatic heterocycles. The fourth-order valence-electron chi connectivity index (χ4n) is 2.76. The van der Waals surface area contributed by atoms with E-state index in [0.717, 1.165) is 49.1 Å². The Morgan fingerprint density at radius 3 is 3.00 bits per heavy atom. The van der Waals surface area contributed by atoms with Gasteiger partial charge >= 0.3 is 0 Å². The summed E-state index contributed by atoms with van der Waals surface area (Å²) in [5.74, 6) is 1.60. The lowest BCUT2D eigenvalue weighted by Crippen LogP contribution is -2.39. The molecule has 3 rings (SSSR count). The van der Waals surface area contributed by atoms with E-state index in [4.69, 9.17) is 0 Å². The molecule has 1 fully saturated rings. The van der Waals surface area contributed by atoms with Gasteiger partial charge in [0.15, 0.2) is 0 Å². The van der Waals surface area contributed by atoms with Crippen molar-refractivity contribution in [3.63, 3.8) is 0 Å². The molecular weight excluding hydrogens is 264 g/mol. The monoisotopic (exact) mass is 286 g/mol. The standard InChI is InChI=1S/C16H22N4O/c1-2-9-17-16-18-14-8-4-3-7-13(14)15(19-16)20-10-5-6-12(21)11-20/h3-4,7-8,12,21H,2,5-6,9-11H2,1H3,(H,17,18,19). The lowest BCUT2D eigenvalue weighted by atomic mass is 10.1. The van der Waals surface area contributed by atoms with Crippen molar-refractivity contribution in [3.05, 3.63) is 24.3 Å². The van der Waals surface area contributed by atoms with Crippen molar-refractivity contribution >= 4 is 22.7 Å². The van der Waals surface area contributed by atoms with E-state index in [1.807, 2.05) is 18.2 Å². The van der Waals surface area contributed by atoms with Gasteiger partial charge in [0.25, 0.3) is 0 Å². The number of piperidine rings is 1. The highest BCUT2D eigenvalue weighted by Crippen LogP contribution is 2.27. The molecule has 1 aliphatic rings. The molecule has 21 heavy (non-hydrogen) atoms. The lowest BCUT2D eigenvalue weighted by Gasteiger charge is -2.31. The van der Waals surface area contributed by atoms with Crippen LogP contribution in [-0.2, 0) is 0 Å². The number of anilines is 2. The second-order valence-electron chi connectivity index (χ2n) is 5.56. The van der Waals surface area contributed by atoms with E-state index in [9.17, 15) is 5.11 Å². The molecule has 5 nitrogen and oxygen atoms in total. The summed E-state index contributed by atoms with van der Waals surface area (Å²) in [6.45, 7) is 4.57. The molecule has 2 N–H and O–H groups in total. The molecule has 0 spiro atoms. The first-order chi connectivity index (χ1) is 10.3. The summed E-state index contributed by atoms with van der Waals surface area (Å²) in [5, 5.41) is 14.2. The van der Waals surface area contributed by atoms with Crippen LogP contribution in [0.2, 0.25) is 0 Å². The number of nitrogens with zero attached hydrogens (tertiary/aromatic N) is 3. The van der Waals surface area contributed by atoms with Gasteiger partial charge in [0.05, 0.1) is 11.6 Å². The average molecular weight is 286 g/mol. The molecule has 1 atom stereocenters. The second kappa shape index (κ2) is 6.26. The molecule has 1 saturated heterocycles. The summed E-state index contributed by atoms with van der Waals surface area (Å²) in [5.41, 5.74) is 0.946. The van der Waals surface area contributed by atoms with E-state index in [1.165, 1.54) is 0 Å². The van der Waals surface area contributed by atoms with Gasteiger partial charge < -0.3 is 15.3 Å². The Balaban J connectivity index is 2.01. The number of nitrogens with one attached hydrogen (secondary N) is 1. The summed E-state index contributed by atoms with van der Waals surface area (Å²) in [7, 11) is 0. The normalized spacial score (nSPS) is 19.0. The van der Waals surface area contributed by atoms with Gasteiger partial charge in [0, 0.05) is 25.0 Å². The number of para-hydroxylation sites is 1. The number of aliphatic hydroxyl groups excluding tert-OH is 1. The molecule has 1 aromatic carbocycles. The first-order valence-electron chi connectivity index (χ1n) is 7.71. The molecule has 112 valence electrons. The number of β-amino-alcohol motifs (C(OH)–C–C–N with tert-alkyl or cyclic N) is 1. The Bertz CT molecular complexity index is 616. The smallest absolute Gasteiger partial charge is 0.225 e. The fourth-order valence-corrected chi connectivity index (χ4v) is 2.76. The zero-order valence-corrected chi connectivity index (χ0v) is 12.4. The zero-order chi connectivity index (χ0) is 14.7. The number of benzene rings is 1. The third-order valence-electron chi connectivity index (χ3n) is 3.81. The Kier molecular flexibility index (Phi) is 4.20. The number of fused-ring (bicyclic) bond motifs is 1. The Morgan fingerprint density at radius 2 is 2.19 bits per heavy atom. The molecule has 0 bridgehead atoms. The van der Waals surface area contributed by atoms with Gasteiger partial charge in [0.1, 0.15) is 5.82 Å². The van der Waals surface area contributed by atoms with Crippen LogP contribution in [0.25, 0.3) is 10.9 Å². The van der Waals surface area contributed by atoms with Crippen LogP contribution in [0.15, 0.2) is 24.3 Å². The van der Waals surface area contributed by atoms with Gasteiger partial charge in [-0.15, -0.1) is 0 Å². The first kappa shape index (κ1) is 14.1. The van der Waals surface area contributed by atoms with Crippen LogP contribution >= 0.6 is 0 Å². The molecule has 1 aliphatic heterocycles. The maximum Gasteiger partial charge on any atom is 0.225 e. The average Bonchev–Trinajstić information content (AvgIpc) is 2.52. The Hall–Kier alpha value is -1.88. The van der Waals surface area contributed by atoms with Crippen LogP contribution in [0.1, 0.15) is 26.2 Å². The minimum atomic E-state index is -0.264. The Labute approximate surface area is 125 Å². The largest absolute Gasteiger partial charge is 0.391 e. The van der Waals surface area contributed by atoms with Gasteiger partial charge in [-0.05, 0) is 31.4 Å². The summed E-state index contributed by atoms with van der Waals surface area (Å²) in [6.07, 6.45) is 2.64. The van der Waals surface area contributed by atoms with Crippen LogP contribution in [-0.4, -0.2) is 40.8 Å². The fraction of sp³-hybridized carbons (Fsp3) is 0.500. The zero-order valence-electron chi connectivity index (χ0n) is 12.4. The first-order valence-corrected chi connectivity index (χ1v) is 7.71.